The maximum absolute atomic E-state index is 13.2. The molecular formula is C38H48N6O22S2. The van der Waals surface area contributed by atoms with Crippen molar-refractivity contribution >= 4 is 71.3 Å². The number of esters is 8. The van der Waals surface area contributed by atoms with Gasteiger partial charge >= 0.3 is 59.1 Å². The summed E-state index contributed by atoms with van der Waals surface area (Å²) in [5.41, 5.74) is -4.15. The molecule has 0 aromatic carbocycles. The average Bonchev–Trinajstić information content (AvgIpc) is 3.21. The molecule has 2 fully saturated rings. The molecule has 10 atom stereocenters. The van der Waals surface area contributed by atoms with Crippen molar-refractivity contribution in [2.45, 2.75) is 140 Å². The third-order valence-corrected chi connectivity index (χ3v) is 11.1. The SMILES string of the molecule is CC(=O)OCC1OC(n2nc(SCCCCSc3nn(C4OC(COC(C)=O)C(OC(C)=O)C(OC(C)=O)C4OC(C)=O)c(=O)[nH]c3=O)c(=O)[nH]c2=O)C(OC(C)=O)C(OC(C)=O)C1OC(C)=O. The zero-order valence-corrected chi connectivity index (χ0v) is 39.2. The van der Waals surface area contributed by atoms with E-state index in [0.717, 1.165) is 78.9 Å². The number of thioether (sulfide) groups is 2. The largest absolute Gasteiger partial charge is 0.463 e. The summed E-state index contributed by atoms with van der Waals surface area (Å²) < 4.78 is 55.7. The predicted octanol–water partition coefficient (Wildman–Crippen LogP) is -1.65. The molecule has 0 spiro atoms. The molecule has 0 bridgehead atoms. The monoisotopic (exact) mass is 1000 g/mol. The van der Waals surface area contributed by atoms with E-state index in [4.69, 9.17) is 47.4 Å². The highest BCUT2D eigenvalue weighted by Gasteiger charge is 2.55. The minimum absolute atomic E-state index is 0.168. The van der Waals surface area contributed by atoms with E-state index in [2.05, 4.69) is 20.2 Å². The Morgan fingerprint density at radius 1 is 0.471 bits per heavy atom. The van der Waals surface area contributed by atoms with Crippen LogP contribution in [0.2, 0.25) is 0 Å². The van der Waals surface area contributed by atoms with Crippen LogP contribution in [0, 0.1) is 0 Å². The lowest BCUT2D eigenvalue weighted by atomic mass is 9.97. The van der Waals surface area contributed by atoms with Gasteiger partial charge in [-0.25, -0.2) is 9.59 Å². The normalized spacial score (nSPS) is 24.4. The van der Waals surface area contributed by atoms with Gasteiger partial charge in [-0.2, -0.15) is 19.6 Å². The summed E-state index contributed by atoms with van der Waals surface area (Å²) in [7, 11) is 0. The summed E-state index contributed by atoms with van der Waals surface area (Å²) in [6.07, 6.45) is -15.4. The van der Waals surface area contributed by atoms with Crippen LogP contribution in [0.15, 0.2) is 29.2 Å². The third-order valence-electron chi connectivity index (χ3n) is 9.07. The molecule has 2 N–H and O–H groups in total. The second-order valence-electron chi connectivity index (χ2n) is 14.6. The van der Waals surface area contributed by atoms with Crippen molar-refractivity contribution < 1.29 is 85.7 Å². The van der Waals surface area contributed by atoms with Gasteiger partial charge in [0.2, 0.25) is 0 Å². The van der Waals surface area contributed by atoms with E-state index in [-0.39, 0.29) is 21.6 Å². The molecule has 10 unspecified atom stereocenters. The minimum atomic E-state index is -1.75. The number of carbonyl (C=O) groups is 8. The second-order valence-corrected chi connectivity index (χ2v) is 16.8. The molecule has 2 aliphatic rings. The molecule has 0 amide bonds. The summed E-state index contributed by atoms with van der Waals surface area (Å²) in [6.45, 7) is 7.07. The minimum Gasteiger partial charge on any atom is -0.463 e. The number of rotatable bonds is 19. The van der Waals surface area contributed by atoms with Crippen LogP contribution in [-0.2, 0) is 85.7 Å². The van der Waals surface area contributed by atoms with Gasteiger partial charge in [-0.1, -0.05) is 23.5 Å². The van der Waals surface area contributed by atoms with E-state index in [1.807, 2.05) is 0 Å². The van der Waals surface area contributed by atoms with Gasteiger partial charge in [-0.3, -0.25) is 57.9 Å². The first-order valence-electron chi connectivity index (χ1n) is 20.3. The van der Waals surface area contributed by atoms with E-state index in [1.54, 1.807) is 0 Å². The van der Waals surface area contributed by atoms with Crippen LogP contribution < -0.4 is 22.5 Å². The molecule has 28 nitrogen and oxygen atoms in total. The number of aromatic nitrogens is 6. The summed E-state index contributed by atoms with van der Waals surface area (Å²) in [5.74, 6) is -6.69. The Morgan fingerprint density at radius 3 is 1.06 bits per heavy atom. The van der Waals surface area contributed by atoms with Gasteiger partial charge < -0.3 is 47.4 Å². The second kappa shape index (κ2) is 24.6. The molecule has 374 valence electrons. The van der Waals surface area contributed by atoms with Crippen molar-refractivity contribution in [3.05, 3.63) is 41.7 Å². The van der Waals surface area contributed by atoms with Gasteiger partial charge in [0, 0.05) is 55.4 Å². The van der Waals surface area contributed by atoms with Crippen LogP contribution in [0.3, 0.4) is 0 Å². The highest BCUT2D eigenvalue weighted by atomic mass is 32.2. The van der Waals surface area contributed by atoms with Gasteiger partial charge in [0.1, 0.15) is 25.4 Å². The summed E-state index contributed by atoms with van der Waals surface area (Å²) in [4.78, 5) is 153. The fourth-order valence-corrected chi connectivity index (χ4v) is 8.41. The molecular weight excluding hydrogens is 957 g/mol. The first-order valence-corrected chi connectivity index (χ1v) is 22.3. The number of nitrogens with one attached hydrogen (secondary N) is 2. The quantitative estimate of drug-likeness (QED) is 0.0689. The number of ether oxygens (including phenoxy) is 10. The first-order chi connectivity index (χ1) is 32.0. The lowest BCUT2D eigenvalue weighted by molar-refractivity contribution is -0.271. The molecule has 30 heteroatoms. The smallest absolute Gasteiger partial charge is 0.347 e. The number of nitrogens with zero attached hydrogens (tertiary/aromatic N) is 4. The molecule has 0 saturated carbocycles. The topological polar surface area (TPSA) is 364 Å². The molecule has 2 aromatic heterocycles. The average molecular weight is 1000 g/mol. The van der Waals surface area contributed by atoms with E-state index >= 15 is 0 Å². The first kappa shape index (κ1) is 54.2. The van der Waals surface area contributed by atoms with Crippen LogP contribution in [-0.4, -0.2) is 151 Å². The Hall–Kier alpha value is -6.40. The van der Waals surface area contributed by atoms with E-state index in [1.165, 1.54) is 0 Å². The summed E-state index contributed by atoms with van der Waals surface area (Å²) >= 11 is 1.76. The van der Waals surface area contributed by atoms with Gasteiger partial charge in [0.05, 0.1) is 0 Å². The predicted molar refractivity (Wildman–Crippen MR) is 223 cm³/mol. The molecule has 68 heavy (non-hydrogen) atoms. The molecule has 2 saturated heterocycles. The lowest BCUT2D eigenvalue weighted by Gasteiger charge is -2.44. The molecule has 2 aliphatic heterocycles. The number of carbonyl (C=O) groups excluding carboxylic acids is 8. The van der Waals surface area contributed by atoms with Crippen molar-refractivity contribution in [2.75, 3.05) is 24.7 Å². The number of hydrogen-bond donors (Lipinski definition) is 2. The van der Waals surface area contributed by atoms with Gasteiger partial charge in [-0.15, -0.1) is 0 Å². The van der Waals surface area contributed by atoms with Crippen molar-refractivity contribution in [2.24, 2.45) is 0 Å². The van der Waals surface area contributed by atoms with Crippen LogP contribution in [0.4, 0.5) is 0 Å². The molecule has 0 radical (unpaired) electrons. The fraction of sp³-hybridized carbons (Fsp3) is 0.632. The zero-order valence-electron chi connectivity index (χ0n) is 37.6. The maximum Gasteiger partial charge on any atom is 0.347 e. The molecule has 4 heterocycles. The van der Waals surface area contributed by atoms with Crippen LogP contribution in [0.1, 0.15) is 80.7 Å². The van der Waals surface area contributed by atoms with Gasteiger partial charge in [-0.05, 0) is 24.3 Å². The fourth-order valence-electron chi connectivity index (χ4n) is 6.67. The van der Waals surface area contributed by atoms with Crippen molar-refractivity contribution in [1.29, 1.82) is 0 Å². The van der Waals surface area contributed by atoms with E-state index < -0.39 is 145 Å². The summed E-state index contributed by atoms with van der Waals surface area (Å²) in [5, 5.41) is 7.74. The highest BCUT2D eigenvalue weighted by molar-refractivity contribution is 7.99. The standard InChI is InChI=1S/C38H48N6O22S2/c1-15(45)57-13-23-25(59-17(3)47)27(61-19(5)49)29(63-21(7)51)35(65-23)43-37(55)39-31(53)33(41-43)67-11-9-10-12-68-34-32(54)40-38(56)44(42-34)36-30(64-22(8)52)28(62-20(6)50)26(60-18(4)48)24(66-36)14-58-16(2)46/h23-30,35-36H,9-14H2,1-8H3,(H,39,53,55)(H,40,54,56). The van der Waals surface area contributed by atoms with Crippen LogP contribution >= 0.6 is 23.5 Å². The van der Waals surface area contributed by atoms with Crippen LogP contribution in [0.25, 0.3) is 0 Å². The van der Waals surface area contributed by atoms with E-state index in [9.17, 15) is 57.5 Å². The Kier molecular flexibility index (Phi) is 19.6. The molecule has 4 rings (SSSR count). The van der Waals surface area contributed by atoms with E-state index in [0.29, 0.717) is 22.2 Å². The third kappa shape index (κ3) is 15.1. The lowest BCUT2D eigenvalue weighted by Crippen LogP contribution is -2.62. The number of aromatic amines is 2. The van der Waals surface area contributed by atoms with Gasteiger partial charge in [0.15, 0.2) is 59.1 Å². The maximum atomic E-state index is 13.2. The Labute approximate surface area is 391 Å². The highest BCUT2D eigenvalue weighted by Crippen LogP contribution is 2.35. The molecule has 2 aromatic rings. The number of unbranched alkanes of at least 4 members (excludes halogenated alkanes) is 1. The number of H-pyrrole nitrogens is 2. The Morgan fingerprint density at radius 2 is 0.765 bits per heavy atom. The van der Waals surface area contributed by atoms with Gasteiger partial charge in [0.25, 0.3) is 11.1 Å². The number of hydrogen-bond acceptors (Lipinski definition) is 26. The molecule has 0 aliphatic carbocycles. The Bertz CT molecular complexity index is 2300. The Balaban J connectivity index is 1.56. The van der Waals surface area contributed by atoms with Crippen molar-refractivity contribution in [3.63, 3.8) is 0 Å². The van der Waals surface area contributed by atoms with Crippen molar-refractivity contribution in [3.8, 4) is 0 Å². The zero-order chi connectivity index (χ0) is 50.6. The van der Waals surface area contributed by atoms with Crippen LogP contribution in [0.5, 0.6) is 0 Å². The summed E-state index contributed by atoms with van der Waals surface area (Å²) in [6, 6.07) is 0. The van der Waals surface area contributed by atoms with Crippen molar-refractivity contribution in [1.82, 2.24) is 29.5 Å².